The molecule has 1 amide bonds. The van der Waals surface area contributed by atoms with Gasteiger partial charge in [0.25, 0.3) is 5.91 Å². The SMILES string of the molecule is COc1ccc(C=C(C#N)C(=O)Nc2cccc(Cl)c2)cc1. The molecule has 0 radical (unpaired) electrons. The maximum absolute atomic E-state index is 12.1. The molecule has 0 unspecified atom stereocenters. The van der Waals surface area contributed by atoms with E-state index in [1.807, 2.05) is 6.07 Å². The van der Waals surface area contributed by atoms with Gasteiger partial charge >= 0.3 is 0 Å². The van der Waals surface area contributed by atoms with Gasteiger partial charge in [-0.3, -0.25) is 4.79 Å². The second-order valence-corrected chi connectivity index (χ2v) is 4.84. The molecule has 2 aromatic rings. The standard InChI is InChI=1S/C17H13ClN2O2/c1-22-16-7-5-12(6-8-16)9-13(11-19)17(21)20-15-4-2-3-14(18)10-15/h2-10H,1H3,(H,20,21). The van der Waals surface area contributed by atoms with Gasteiger partial charge in [-0.25, -0.2) is 0 Å². The van der Waals surface area contributed by atoms with Gasteiger partial charge in [0.15, 0.2) is 0 Å². The van der Waals surface area contributed by atoms with Crippen LogP contribution in [0.5, 0.6) is 5.75 Å². The fraction of sp³-hybridized carbons (Fsp3) is 0.0588. The number of hydrogen-bond acceptors (Lipinski definition) is 3. The minimum absolute atomic E-state index is 0.00476. The van der Waals surface area contributed by atoms with E-state index < -0.39 is 5.91 Å². The molecule has 0 atom stereocenters. The number of halogens is 1. The summed E-state index contributed by atoms with van der Waals surface area (Å²) < 4.78 is 5.06. The summed E-state index contributed by atoms with van der Waals surface area (Å²) in [5.41, 5.74) is 1.28. The van der Waals surface area contributed by atoms with E-state index in [2.05, 4.69) is 5.32 Å². The number of carbonyl (C=O) groups is 1. The van der Waals surface area contributed by atoms with Crippen molar-refractivity contribution >= 4 is 29.3 Å². The number of anilines is 1. The molecule has 4 nitrogen and oxygen atoms in total. The van der Waals surface area contributed by atoms with E-state index in [-0.39, 0.29) is 5.57 Å². The summed E-state index contributed by atoms with van der Waals surface area (Å²) in [6, 6.07) is 15.7. The zero-order chi connectivity index (χ0) is 15.9. The van der Waals surface area contributed by atoms with Crippen molar-refractivity contribution in [1.82, 2.24) is 0 Å². The van der Waals surface area contributed by atoms with E-state index in [9.17, 15) is 4.79 Å². The topological polar surface area (TPSA) is 62.1 Å². The van der Waals surface area contributed by atoms with Crippen molar-refractivity contribution in [2.75, 3.05) is 12.4 Å². The van der Waals surface area contributed by atoms with Gasteiger partial charge in [-0.2, -0.15) is 5.26 Å². The number of methoxy groups -OCH3 is 1. The summed E-state index contributed by atoms with van der Waals surface area (Å²) >= 11 is 5.86. The van der Waals surface area contributed by atoms with Gasteiger partial charge in [-0.15, -0.1) is 0 Å². The molecule has 0 bridgehead atoms. The molecular formula is C17H13ClN2O2. The van der Waals surface area contributed by atoms with Crippen LogP contribution in [0.4, 0.5) is 5.69 Å². The van der Waals surface area contributed by atoms with Gasteiger partial charge in [-0.05, 0) is 42.0 Å². The molecule has 0 aromatic heterocycles. The second-order valence-electron chi connectivity index (χ2n) is 4.41. The van der Waals surface area contributed by atoms with Crippen molar-refractivity contribution in [3.63, 3.8) is 0 Å². The smallest absolute Gasteiger partial charge is 0.266 e. The second kappa shape index (κ2) is 7.30. The van der Waals surface area contributed by atoms with E-state index in [0.717, 1.165) is 5.56 Å². The Morgan fingerprint density at radius 2 is 2.00 bits per heavy atom. The molecule has 2 rings (SSSR count). The summed E-state index contributed by atoms with van der Waals surface area (Å²) in [7, 11) is 1.57. The lowest BCUT2D eigenvalue weighted by Crippen LogP contribution is -2.13. The quantitative estimate of drug-likeness (QED) is 0.688. The number of rotatable bonds is 4. The zero-order valence-electron chi connectivity index (χ0n) is 11.8. The minimum atomic E-state index is -0.486. The van der Waals surface area contributed by atoms with Crippen LogP contribution in [0.25, 0.3) is 6.08 Å². The van der Waals surface area contributed by atoms with Gasteiger partial charge in [-0.1, -0.05) is 29.8 Å². The molecule has 22 heavy (non-hydrogen) atoms. The first-order chi connectivity index (χ1) is 10.6. The number of benzene rings is 2. The molecular weight excluding hydrogens is 300 g/mol. The maximum atomic E-state index is 12.1. The lowest BCUT2D eigenvalue weighted by molar-refractivity contribution is -0.112. The number of ether oxygens (including phenoxy) is 1. The molecule has 0 fully saturated rings. The van der Waals surface area contributed by atoms with Crippen molar-refractivity contribution in [2.45, 2.75) is 0 Å². The lowest BCUT2D eigenvalue weighted by atomic mass is 10.1. The summed E-state index contributed by atoms with van der Waals surface area (Å²) in [5.74, 6) is 0.222. The molecule has 110 valence electrons. The van der Waals surface area contributed by atoms with E-state index in [1.54, 1.807) is 55.6 Å². The minimum Gasteiger partial charge on any atom is -0.497 e. The molecule has 0 saturated heterocycles. The van der Waals surface area contributed by atoms with Crippen LogP contribution in [0.2, 0.25) is 5.02 Å². The van der Waals surface area contributed by atoms with Crippen molar-refractivity contribution in [1.29, 1.82) is 5.26 Å². The van der Waals surface area contributed by atoms with Crippen molar-refractivity contribution in [3.05, 3.63) is 64.7 Å². The van der Waals surface area contributed by atoms with Gasteiger partial charge in [0.05, 0.1) is 7.11 Å². The Morgan fingerprint density at radius 3 is 2.59 bits per heavy atom. The molecule has 1 N–H and O–H groups in total. The molecule has 0 heterocycles. The number of nitrogens with one attached hydrogen (secondary N) is 1. The fourth-order valence-corrected chi connectivity index (χ4v) is 1.97. The highest BCUT2D eigenvalue weighted by molar-refractivity contribution is 6.31. The lowest BCUT2D eigenvalue weighted by Gasteiger charge is -2.05. The molecule has 2 aromatic carbocycles. The van der Waals surface area contributed by atoms with E-state index >= 15 is 0 Å². The summed E-state index contributed by atoms with van der Waals surface area (Å²) in [4.78, 5) is 12.1. The van der Waals surface area contributed by atoms with Gasteiger partial charge in [0, 0.05) is 10.7 Å². The molecule has 0 aliphatic carbocycles. The Bertz CT molecular complexity index is 746. The van der Waals surface area contributed by atoms with Crippen LogP contribution >= 0.6 is 11.6 Å². The Labute approximate surface area is 133 Å². The molecule has 5 heteroatoms. The predicted molar refractivity (Wildman–Crippen MR) is 86.7 cm³/mol. The van der Waals surface area contributed by atoms with Gasteiger partial charge < -0.3 is 10.1 Å². The highest BCUT2D eigenvalue weighted by Gasteiger charge is 2.09. The molecule has 0 saturated carbocycles. The van der Waals surface area contributed by atoms with Crippen LogP contribution in [0.1, 0.15) is 5.56 Å². The zero-order valence-corrected chi connectivity index (χ0v) is 12.6. The largest absolute Gasteiger partial charge is 0.497 e. The summed E-state index contributed by atoms with van der Waals surface area (Å²) in [5, 5.41) is 12.3. The van der Waals surface area contributed by atoms with E-state index in [4.69, 9.17) is 21.6 Å². The molecule has 0 aliphatic heterocycles. The monoisotopic (exact) mass is 312 g/mol. The average molecular weight is 313 g/mol. The first kappa shape index (κ1) is 15.6. The highest BCUT2D eigenvalue weighted by atomic mass is 35.5. The Kier molecular flexibility index (Phi) is 5.18. The first-order valence-corrected chi connectivity index (χ1v) is 6.83. The Hall–Kier alpha value is -2.77. The number of nitriles is 1. The number of hydrogen-bond donors (Lipinski definition) is 1. The van der Waals surface area contributed by atoms with Crippen LogP contribution in [-0.4, -0.2) is 13.0 Å². The van der Waals surface area contributed by atoms with Crippen molar-refractivity contribution in [2.24, 2.45) is 0 Å². The normalized spacial score (nSPS) is 10.7. The number of nitrogens with zero attached hydrogens (tertiary/aromatic N) is 1. The van der Waals surface area contributed by atoms with Crippen LogP contribution in [0.15, 0.2) is 54.1 Å². The third-order valence-corrected chi connectivity index (χ3v) is 3.11. The van der Waals surface area contributed by atoms with Crippen molar-refractivity contribution < 1.29 is 9.53 Å². The third kappa shape index (κ3) is 4.11. The first-order valence-electron chi connectivity index (χ1n) is 6.45. The van der Waals surface area contributed by atoms with Gasteiger partial charge in [0.2, 0.25) is 0 Å². The number of carbonyl (C=O) groups excluding carboxylic acids is 1. The number of amides is 1. The third-order valence-electron chi connectivity index (χ3n) is 2.87. The fourth-order valence-electron chi connectivity index (χ4n) is 1.78. The predicted octanol–water partition coefficient (Wildman–Crippen LogP) is 3.89. The molecule has 0 aliphatic rings. The van der Waals surface area contributed by atoms with Crippen LogP contribution in [0.3, 0.4) is 0 Å². The van der Waals surface area contributed by atoms with Crippen LogP contribution < -0.4 is 10.1 Å². The Morgan fingerprint density at radius 1 is 1.27 bits per heavy atom. The Balaban J connectivity index is 2.17. The van der Waals surface area contributed by atoms with Crippen LogP contribution in [0, 0.1) is 11.3 Å². The maximum Gasteiger partial charge on any atom is 0.266 e. The van der Waals surface area contributed by atoms with Crippen molar-refractivity contribution in [3.8, 4) is 11.8 Å². The molecule has 0 spiro atoms. The van der Waals surface area contributed by atoms with E-state index in [0.29, 0.717) is 16.5 Å². The highest BCUT2D eigenvalue weighted by Crippen LogP contribution is 2.17. The summed E-state index contributed by atoms with van der Waals surface area (Å²) in [6.07, 6.45) is 1.51. The van der Waals surface area contributed by atoms with E-state index in [1.165, 1.54) is 6.08 Å². The summed E-state index contributed by atoms with van der Waals surface area (Å²) in [6.45, 7) is 0. The van der Waals surface area contributed by atoms with Gasteiger partial charge in [0.1, 0.15) is 17.4 Å². The van der Waals surface area contributed by atoms with Crippen LogP contribution in [-0.2, 0) is 4.79 Å². The average Bonchev–Trinajstić information content (AvgIpc) is 2.53.